The number of hydrogen-bond acceptors (Lipinski definition) is 1. The average Bonchev–Trinajstić information content (AvgIpc) is 2.91. The third-order valence-electron chi connectivity index (χ3n) is 4.59. The molecule has 1 aromatic heterocycles. The largest absolute Gasteiger partial charge is 0.348 e. The molecular weight excluding hydrogens is 256 g/mol. The number of nitrogens with one attached hydrogen (secondary N) is 1. The highest BCUT2D eigenvalue weighted by atomic mass is 14.9. The van der Waals surface area contributed by atoms with Crippen LogP contribution < -0.4 is 0 Å². The van der Waals surface area contributed by atoms with E-state index >= 15 is 0 Å². The highest BCUT2D eigenvalue weighted by Crippen LogP contribution is 2.28. The Morgan fingerprint density at radius 3 is 1.81 bits per heavy atom. The van der Waals surface area contributed by atoms with Crippen molar-refractivity contribution >= 4 is 0 Å². The van der Waals surface area contributed by atoms with Gasteiger partial charge in [0.1, 0.15) is 0 Å². The van der Waals surface area contributed by atoms with Gasteiger partial charge in [-0.25, -0.2) is 4.98 Å². The summed E-state index contributed by atoms with van der Waals surface area (Å²) in [6.45, 7) is 6.72. The van der Waals surface area contributed by atoms with Crippen LogP contribution in [0.5, 0.6) is 0 Å². The molecule has 0 saturated carbocycles. The summed E-state index contributed by atoms with van der Waals surface area (Å²) in [5.74, 6) is 0.704. The molecule has 0 saturated heterocycles. The number of aromatic amines is 1. The maximum atomic E-state index is 4.40. The van der Waals surface area contributed by atoms with Gasteiger partial charge in [0.05, 0.1) is 12.0 Å². The molecule has 1 heterocycles. The van der Waals surface area contributed by atoms with Crippen LogP contribution in [0.1, 0.15) is 108 Å². The monoisotopic (exact) mass is 292 g/mol. The Morgan fingerprint density at radius 2 is 1.38 bits per heavy atom. The molecule has 0 atom stereocenters. The van der Waals surface area contributed by atoms with Gasteiger partial charge in [-0.05, 0) is 19.8 Å². The highest BCUT2D eigenvalue weighted by Gasteiger charge is 2.15. The molecule has 0 unspecified atom stereocenters. The molecule has 0 radical (unpaired) electrons. The van der Waals surface area contributed by atoms with Crippen molar-refractivity contribution in [1.82, 2.24) is 9.97 Å². The maximum Gasteiger partial charge on any atom is 0.0925 e. The van der Waals surface area contributed by atoms with Gasteiger partial charge in [0.15, 0.2) is 0 Å². The van der Waals surface area contributed by atoms with Crippen molar-refractivity contribution < 1.29 is 0 Å². The zero-order valence-electron chi connectivity index (χ0n) is 14.6. The molecule has 0 aliphatic carbocycles. The lowest BCUT2D eigenvalue weighted by Crippen LogP contribution is -2.02. The SMILES string of the molecule is CCCCCCCC(CCCCCCC)c1[nH]cnc1C. The van der Waals surface area contributed by atoms with Crippen molar-refractivity contribution in [3.63, 3.8) is 0 Å². The Labute approximate surface area is 132 Å². The Morgan fingerprint density at radius 1 is 0.857 bits per heavy atom. The molecule has 21 heavy (non-hydrogen) atoms. The van der Waals surface area contributed by atoms with Crippen LogP contribution in [0.3, 0.4) is 0 Å². The topological polar surface area (TPSA) is 28.7 Å². The van der Waals surface area contributed by atoms with E-state index in [0.717, 1.165) is 0 Å². The van der Waals surface area contributed by atoms with Gasteiger partial charge in [0.2, 0.25) is 0 Å². The van der Waals surface area contributed by atoms with Crippen molar-refractivity contribution in [2.45, 2.75) is 104 Å². The molecule has 0 aliphatic rings. The van der Waals surface area contributed by atoms with Gasteiger partial charge in [-0.3, -0.25) is 0 Å². The number of hydrogen-bond donors (Lipinski definition) is 1. The molecule has 2 heteroatoms. The number of aromatic nitrogens is 2. The fraction of sp³-hybridized carbons (Fsp3) is 0.842. The molecule has 1 N–H and O–H groups in total. The minimum absolute atomic E-state index is 0.704. The Kier molecular flexibility index (Phi) is 10.3. The van der Waals surface area contributed by atoms with Crippen molar-refractivity contribution in [2.75, 3.05) is 0 Å². The van der Waals surface area contributed by atoms with Gasteiger partial charge in [-0.15, -0.1) is 0 Å². The average molecular weight is 293 g/mol. The second-order valence-corrected chi connectivity index (χ2v) is 6.50. The normalized spacial score (nSPS) is 11.4. The summed E-state index contributed by atoms with van der Waals surface area (Å²) in [6.07, 6.45) is 18.3. The molecule has 1 aromatic rings. The Hall–Kier alpha value is -0.790. The summed E-state index contributed by atoms with van der Waals surface area (Å²) in [4.78, 5) is 7.80. The lowest BCUT2D eigenvalue weighted by molar-refractivity contribution is 0.483. The molecule has 0 spiro atoms. The number of nitrogens with zero attached hydrogens (tertiary/aromatic N) is 1. The van der Waals surface area contributed by atoms with Crippen LogP contribution >= 0.6 is 0 Å². The molecule has 1 rings (SSSR count). The first-order valence-corrected chi connectivity index (χ1v) is 9.29. The number of rotatable bonds is 13. The molecule has 0 bridgehead atoms. The zero-order chi connectivity index (χ0) is 15.3. The van der Waals surface area contributed by atoms with Gasteiger partial charge in [0, 0.05) is 11.6 Å². The number of H-pyrrole nitrogens is 1. The van der Waals surface area contributed by atoms with Crippen LogP contribution in [0.25, 0.3) is 0 Å². The summed E-state index contributed by atoms with van der Waals surface area (Å²) >= 11 is 0. The van der Waals surface area contributed by atoms with Gasteiger partial charge >= 0.3 is 0 Å². The third-order valence-corrected chi connectivity index (χ3v) is 4.59. The van der Waals surface area contributed by atoms with Crippen molar-refractivity contribution in [1.29, 1.82) is 0 Å². The molecular formula is C19H36N2. The first-order chi connectivity index (χ1) is 10.3. The number of imidazole rings is 1. The van der Waals surface area contributed by atoms with Crippen LogP contribution in [-0.2, 0) is 0 Å². The number of unbranched alkanes of at least 4 members (excludes halogenated alkanes) is 8. The first kappa shape index (κ1) is 18.3. The summed E-state index contributed by atoms with van der Waals surface area (Å²) in [6, 6.07) is 0. The second-order valence-electron chi connectivity index (χ2n) is 6.50. The van der Waals surface area contributed by atoms with Crippen molar-refractivity contribution in [3.05, 3.63) is 17.7 Å². The van der Waals surface area contributed by atoms with E-state index in [0.29, 0.717) is 5.92 Å². The first-order valence-electron chi connectivity index (χ1n) is 9.29. The molecule has 122 valence electrons. The van der Waals surface area contributed by atoms with E-state index in [1.54, 1.807) is 0 Å². The molecule has 0 aliphatic heterocycles. The van der Waals surface area contributed by atoms with Crippen LogP contribution in [0, 0.1) is 6.92 Å². The van der Waals surface area contributed by atoms with Gasteiger partial charge in [-0.2, -0.15) is 0 Å². The second kappa shape index (κ2) is 11.8. The molecule has 0 amide bonds. The van der Waals surface area contributed by atoms with E-state index in [1.165, 1.54) is 88.4 Å². The molecule has 0 fully saturated rings. The molecule has 0 aromatic carbocycles. The Balaban J connectivity index is 2.34. The summed E-state index contributed by atoms with van der Waals surface area (Å²) in [7, 11) is 0. The van der Waals surface area contributed by atoms with Gasteiger partial charge in [-0.1, -0.05) is 78.1 Å². The lowest BCUT2D eigenvalue weighted by Gasteiger charge is -2.16. The van der Waals surface area contributed by atoms with Gasteiger partial charge < -0.3 is 4.98 Å². The van der Waals surface area contributed by atoms with Crippen molar-refractivity contribution in [2.24, 2.45) is 0 Å². The van der Waals surface area contributed by atoms with Crippen LogP contribution in [0.2, 0.25) is 0 Å². The quantitative estimate of drug-likeness (QED) is 0.412. The van der Waals surface area contributed by atoms with Gasteiger partial charge in [0.25, 0.3) is 0 Å². The smallest absolute Gasteiger partial charge is 0.0925 e. The minimum atomic E-state index is 0.704. The number of aryl methyl sites for hydroxylation is 1. The molecule has 2 nitrogen and oxygen atoms in total. The van der Waals surface area contributed by atoms with E-state index in [-0.39, 0.29) is 0 Å². The van der Waals surface area contributed by atoms with Crippen LogP contribution in [0.4, 0.5) is 0 Å². The Bertz CT molecular complexity index is 329. The van der Waals surface area contributed by atoms with E-state index in [1.807, 2.05) is 6.33 Å². The zero-order valence-corrected chi connectivity index (χ0v) is 14.6. The van der Waals surface area contributed by atoms with Crippen molar-refractivity contribution in [3.8, 4) is 0 Å². The summed E-state index contributed by atoms with van der Waals surface area (Å²) in [5, 5.41) is 0. The van der Waals surface area contributed by atoms with E-state index in [4.69, 9.17) is 0 Å². The maximum absolute atomic E-state index is 4.40. The van der Waals surface area contributed by atoms with Crippen LogP contribution in [0.15, 0.2) is 6.33 Å². The minimum Gasteiger partial charge on any atom is -0.348 e. The van der Waals surface area contributed by atoms with E-state index in [2.05, 4.69) is 30.7 Å². The van der Waals surface area contributed by atoms with E-state index < -0.39 is 0 Å². The fourth-order valence-corrected chi connectivity index (χ4v) is 3.21. The third kappa shape index (κ3) is 7.68. The fourth-order valence-electron chi connectivity index (χ4n) is 3.21. The lowest BCUT2D eigenvalue weighted by atomic mass is 9.90. The highest BCUT2D eigenvalue weighted by molar-refractivity contribution is 5.14. The summed E-state index contributed by atoms with van der Waals surface area (Å²) in [5.41, 5.74) is 2.61. The predicted octanol–water partition coefficient (Wildman–Crippen LogP) is 6.52. The van der Waals surface area contributed by atoms with Crippen LogP contribution in [-0.4, -0.2) is 9.97 Å². The predicted molar refractivity (Wildman–Crippen MR) is 92.8 cm³/mol. The van der Waals surface area contributed by atoms with E-state index in [9.17, 15) is 0 Å². The summed E-state index contributed by atoms with van der Waals surface area (Å²) < 4.78 is 0. The standard InChI is InChI=1S/C19H36N2/c1-4-6-8-10-12-14-18(15-13-11-9-7-5-2)19-17(3)20-16-21-19/h16,18H,4-15H2,1-3H3,(H,20,21).